The van der Waals surface area contributed by atoms with Crippen LogP contribution in [0.4, 0.5) is 0 Å². The van der Waals surface area contributed by atoms with Crippen LogP contribution in [0.25, 0.3) is 5.70 Å². The smallest absolute Gasteiger partial charge is 0.210 e. The third-order valence-electron chi connectivity index (χ3n) is 2.58. The van der Waals surface area contributed by atoms with Crippen LogP contribution in [0.2, 0.25) is 0 Å². The summed E-state index contributed by atoms with van der Waals surface area (Å²) in [5.74, 6) is 1.38. The second-order valence-electron chi connectivity index (χ2n) is 4.51. The van der Waals surface area contributed by atoms with Gasteiger partial charge in [0.15, 0.2) is 0 Å². The lowest BCUT2D eigenvalue weighted by Gasteiger charge is -2.13. The van der Waals surface area contributed by atoms with Gasteiger partial charge in [-0.1, -0.05) is 0 Å². The molecule has 0 bridgehead atoms. The zero-order chi connectivity index (χ0) is 14.4. The Morgan fingerprint density at radius 1 is 1.37 bits per heavy atom. The third kappa shape index (κ3) is 4.32. The summed E-state index contributed by atoms with van der Waals surface area (Å²) in [5, 5.41) is 0. The maximum Gasteiger partial charge on any atom is 0.210 e. The van der Waals surface area contributed by atoms with E-state index >= 15 is 0 Å². The first-order chi connectivity index (χ1) is 8.97. The molecule has 0 aliphatic rings. The number of benzene rings is 1. The summed E-state index contributed by atoms with van der Waals surface area (Å²) in [6, 6.07) is 5.85. The van der Waals surface area contributed by atoms with E-state index in [4.69, 9.17) is 15.2 Å². The van der Waals surface area contributed by atoms with E-state index in [2.05, 4.69) is 4.99 Å². The van der Waals surface area contributed by atoms with Crippen molar-refractivity contribution in [2.24, 2.45) is 10.7 Å². The Balaban J connectivity index is 3.00. The minimum atomic E-state index is 0.157. The van der Waals surface area contributed by atoms with Gasteiger partial charge in [0.05, 0.1) is 13.2 Å². The summed E-state index contributed by atoms with van der Waals surface area (Å²) in [4.78, 5) is 3.96. The summed E-state index contributed by atoms with van der Waals surface area (Å²) in [6.07, 6.45) is 1.86. The molecule has 0 aliphatic heterocycles. The highest BCUT2D eigenvalue weighted by molar-refractivity contribution is 5.94. The Labute approximate surface area is 114 Å². The molecular formula is C15H22N2O2. The van der Waals surface area contributed by atoms with E-state index in [-0.39, 0.29) is 6.10 Å². The molecule has 19 heavy (non-hydrogen) atoms. The molecule has 0 fully saturated rings. The number of aliphatic imine (C=N–C) groups is 1. The largest absolute Gasteiger partial charge is 0.491 e. The SMILES string of the molecule is CN=C(C=C(N)c1ccc(OC(C)C)c(C)c1)OC. The number of hydrogen-bond donors (Lipinski definition) is 1. The van der Waals surface area contributed by atoms with Crippen LogP contribution in [0.1, 0.15) is 25.0 Å². The molecule has 0 saturated carbocycles. The summed E-state index contributed by atoms with van der Waals surface area (Å²) >= 11 is 0. The van der Waals surface area contributed by atoms with Crippen LogP contribution in [-0.4, -0.2) is 26.2 Å². The Kier molecular flexibility index (Phi) is 5.42. The van der Waals surface area contributed by atoms with Crippen molar-refractivity contribution in [2.45, 2.75) is 26.9 Å². The van der Waals surface area contributed by atoms with Gasteiger partial charge in [0.25, 0.3) is 0 Å². The number of hydrogen-bond acceptors (Lipinski definition) is 4. The van der Waals surface area contributed by atoms with Crippen molar-refractivity contribution >= 4 is 11.6 Å². The summed E-state index contributed by atoms with van der Waals surface area (Å²) in [5.41, 5.74) is 8.61. The Bertz CT molecular complexity index is 491. The van der Waals surface area contributed by atoms with E-state index < -0.39 is 0 Å². The van der Waals surface area contributed by atoms with Crippen LogP contribution in [0.3, 0.4) is 0 Å². The summed E-state index contributed by atoms with van der Waals surface area (Å²) in [7, 11) is 3.23. The topological polar surface area (TPSA) is 56.8 Å². The Morgan fingerprint density at radius 2 is 2.05 bits per heavy atom. The lowest BCUT2D eigenvalue weighted by Crippen LogP contribution is -2.07. The molecule has 0 atom stereocenters. The zero-order valence-corrected chi connectivity index (χ0v) is 12.2. The molecule has 1 rings (SSSR count). The van der Waals surface area contributed by atoms with Crippen molar-refractivity contribution in [2.75, 3.05) is 14.2 Å². The van der Waals surface area contributed by atoms with Gasteiger partial charge in [-0.15, -0.1) is 0 Å². The predicted octanol–water partition coefficient (Wildman–Crippen LogP) is 2.76. The maximum atomic E-state index is 6.03. The number of aryl methyl sites for hydroxylation is 1. The number of rotatable bonds is 4. The molecule has 4 nitrogen and oxygen atoms in total. The van der Waals surface area contributed by atoms with E-state index in [0.29, 0.717) is 11.6 Å². The number of ether oxygens (including phenoxy) is 2. The molecule has 0 aliphatic carbocycles. The first-order valence-corrected chi connectivity index (χ1v) is 6.23. The van der Waals surface area contributed by atoms with Crippen molar-refractivity contribution in [1.82, 2.24) is 0 Å². The molecule has 1 aromatic carbocycles. The molecule has 2 N–H and O–H groups in total. The highest BCUT2D eigenvalue weighted by Crippen LogP contribution is 2.22. The zero-order valence-electron chi connectivity index (χ0n) is 12.2. The third-order valence-corrected chi connectivity index (χ3v) is 2.58. The average Bonchev–Trinajstić information content (AvgIpc) is 2.37. The standard InChI is InChI=1S/C15H22N2O2/c1-10(2)19-14-7-6-12(8-11(14)3)13(16)9-15(17-4)18-5/h6-10H,16H2,1-5H3. The predicted molar refractivity (Wildman–Crippen MR) is 79.5 cm³/mol. The van der Waals surface area contributed by atoms with Crippen LogP contribution in [0.5, 0.6) is 5.75 Å². The summed E-state index contributed by atoms with van der Waals surface area (Å²) in [6.45, 7) is 6.01. The van der Waals surface area contributed by atoms with E-state index in [1.807, 2.05) is 39.0 Å². The second-order valence-corrected chi connectivity index (χ2v) is 4.51. The molecule has 1 aromatic rings. The van der Waals surface area contributed by atoms with Gasteiger partial charge in [-0.2, -0.15) is 0 Å². The quantitative estimate of drug-likeness (QED) is 0.670. The summed E-state index contributed by atoms with van der Waals surface area (Å²) < 4.78 is 10.8. The fraction of sp³-hybridized carbons (Fsp3) is 0.400. The number of methoxy groups -OCH3 is 1. The van der Waals surface area contributed by atoms with E-state index in [9.17, 15) is 0 Å². The maximum absolute atomic E-state index is 6.03. The van der Waals surface area contributed by atoms with Gasteiger partial charge in [-0.05, 0) is 50.1 Å². The second kappa shape index (κ2) is 6.83. The van der Waals surface area contributed by atoms with Crippen molar-refractivity contribution in [3.8, 4) is 5.75 Å². The van der Waals surface area contributed by atoms with Gasteiger partial charge < -0.3 is 15.2 Å². The van der Waals surface area contributed by atoms with Crippen molar-refractivity contribution in [1.29, 1.82) is 0 Å². The van der Waals surface area contributed by atoms with Gasteiger partial charge in [-0.3, -0.25) is 4.99 Å². The number of nitrogens with two attached hydrogens (primary N) is 1. The minimum Gasteiger partial charge on any atom is -0.491 e. The van der Waals surface area contributed by atoms with Gasteiger partial charge in [-0.25, -0.2) is 0 Å². The van der Waals surface area contributed by atoms with Gasteiger partial charge in [0, 0.05) is 18.8 Å². The Hall–Kier alpha value is -1.97. The monoisotopic (exact) mass is 262 g/mol. The highest BCUT2D eigenvalue weighted by atomic mass is 16.5. The van der Waals surface area contributed by atoms with Crippen LogP contribution in [0, 0.1) is 6.92 Å². The molecule has 0 heterocycles. The molecule has 4 heteroatoms. The molecule has 0 unspecified atom stereocenters. The van der Waals surface area contributed by atoms with Crippen molar-refractivity contribution < 1.29 is 9.47 Å². The average molecular weight is 262 g/mol. The molecule has 0 radical (unpaired) electrons. The van der Waals surface area contributed by atoms with Crippen LogP contribution in [-0.2, 0) is 4.74 Å². The molecule has 0 spiro atoms. The molecular weight excluding hydrogens is 240 g/mol. The fourth-order valence-corrected chi connectivity index (χ4v) is 1.65. The number of nitrogens with zero attached hydrogens (tertiary/aromatic N) is 1. The van der Waals surface area contributed by atoms with Crippen molar-refractivity contribution in [3.05, 3.63) is 35.4 Å². The lowest BCUT2D eigenvalue weighted by molar-refractivity contribution is 0.241. The first kappa shape index (κ1) is 15.1. The van der Waals surface area contributed by atoms with Crippen LogP contribution >= 0.6 is 0 Å². The van der Waals surface area contributed by atoms with Crippen LogP contribution in [0.15, 0.2) is 29.3 Å². The van der Waals surface area contributed by atoms with Gasteiger partial charge in [0.1, 0.15) is 5.75 Å². The highest BCUT2D eigenvalue weighted by Gasteiger charge is 2.05. The van der Waals surface area contributed by atoms with Crippen molar-refractivity contribution in [3.63, 3.8) is 0 Å². The fourth-order valence-electron chi connectivity index (χ4n) is 1.65. The molecule has 0 amide bonds. The normalized spacial score (nSPS) is 12.7. The van der Waals surface area contributed by atoms with E-state index in [1.54, 1.807) is 20.2 Å². The Morgan fingerprint density at radius 3 is 2.53 bits per heavy atom. The first-order valence-electron chi connectivity index (χ1n) is 6.23. The molecule has 104 valence electrons. The van der Waals surface area contributed by atoms with Crippen LogP contribution < -0.4 is 10.5 Å². The van der Waals surface area contributed by atoms with Gasteiger partial charge in [0.2, 0.25) is 5.90 Å². The van der Waals surface area contributed by atoms with E-state index in [1.165, 1.54) is 0 Å². The van der Waals surface area contributed by atoms with E-state index in [0.717, 1.165) is 16.9 Å². The minimum absolute atomic E-state index is 0.157. The van der Waals surface area contributed by atoms with Gasteiger partial charge >= 0.3 is 0 Å². The lowest BCUT2D eigenvalue weighted by atomic mass is 10.1. The molecule has 0 aromatic heterocycles. The molecule has 0 saturated heterocycles.